The number of carbonyl (C=O) groups is 1. The third-order valence-corrected chi connectivity index (χ3v) is 13.8. The molecule has 0 radical (unpaired) electrons. The van der Waals surface area contributed by atoms with E-state index in [1.807, 2.05) is 25.1 Å². The van der Waals surface area contributed by atoms with Crippen LogP contribution in [0.5, 0.6) is 5.75 Å². The summed E-state index contributed by atoms with van der Waals surface area (Å²) < 4.78 is 50.2. The van der Waals surface area contributed by atoms with Gasteiger partial charge in [-0.2, -0.15) is 14.0 Å². The van der Waals surface area contributed by atoms with Gasteiger partial charge in [0.15, 0.2) is 5.82 Å². The summed E-state index contributed by atoms with van der Waals surface area (Å²) in [6.45, 7) is 1.21. The SMILES string of the molecule is Cc1nc2c(F)c(-c3cccc(Cl)c3Cl)c(CCC#N)cc2c2c1cc([C@H]1[C@H]3C[C@H](CN(c4ccc(OC(F)F)cc4)C3)N1C(=O)C1CC1)n2[C@H]1[C@H]2CN[C@@H]1C2. The zero-order valence-electron chi connectivity index (χ0n) is 30.6. The van der Waals surface area contributed by atoms with Crippen LogP contribution in [0, 0.1) is 41.8 Å². The van der Waals surface area contributed by atoms with E-state index in [0.717, 1.165) is 54.5 Å². The number of alkyl halides is 2. The molecule has 1 N–H and O–H groups in total. The number of nitrogens with zero attached hydrogens (tertiary/aromatic N) is 5. The average Bonchev–Trinajstić information content (AvgIpc) is 3.46. The number of nitriles is 1. The third-order valence-electron chi connectivity index (χ3n) is 12.9. The van der Waals surface area contributed by atoms with Gasteiger partial charge >= 0.3 is 6.61 Å². The summed E-state index contributed by atoms with van der Waals surface area (Å²) in [7, 11) is 0. The molecule has 6 atom stereocenters. The molecule has 8 nitrogen and oxygen atoms in total. The third kappa shape index (κ3) is 5.65. The van der Waals surface area contributed by atoms with Crippen LogP contribution in [-0.4, -0.2) is 58.7 Å². The molecular weight excluding hydrogens is 760 g/mol. The van der Waals surface area contributed by atoms with Crippen LogP contribution in [0.2, 0.25) is 10.0 Å². The Morgan fingerprint density at radius 1 is 1.07 bits per heavy atom. The summed E-state index contributed by atoms with van der Waals surface area (Å²) in [6, 6.07) is 18.4. The number of hydrogen-bond donors (Lipinski definition) is 1. The number of halogens is 5. The molecule has 11 rings (SSSR count). The van der Waals surface area contributed by atoms with Gasteiger partial charge in [-0.3, -0.25) is 4.79 Å². The average molecular weight is 800 g/mol. The molecule has 6 aliphatic rings. The first-order valence-electron chi connectivity index (χ1n) is 19.4. The first kappa shape index (κ1) is 35.9. The normalized spacial score (nSPS) is 25.3. The standard InChI is InChI=1S/C43H39Cl2F3N6O2/c1-21-30-17-34(40-25-14-27(53(40)42(55)22-7-8-22)20-52(19-25)26-9-11-28(12-10-26)56-43(47)48)54(39-24-16-33(39)50-18-24)41(30)31-15-23(4-3-13-49)35(37(46)38(31)51-21)29-5-2-6-32(44)36(29)45/h2,5-6,9-12,15,17,22,24-25,27,33,39-40,43,50H,3-4,7-8,14,16,18-20H2,1H3/t24-,25+,27-,33-,39+,40-/m1/s1. The molecule has 6 heterocycles. The van der Waals surface area contributed by atoms with Gasteiger partial charge in [-0.15, -0.1) is 0 Å². The van der Waals surface area contributed by atoms with Gasteiger partial charge in [-0.25, -0.2) is 9.37 Å². The van der Waals surface area contributed by atoms with Gasteiger partial charge in [0.25, 0.3) is 0 Å². The fourth-order valence-electron chi connectivity index (χ4n) is 10.4. The van der Waals surface area contributed by atoms with Crippen molar-refractivity contribution in [3.05, 3.63) is 87.4 Å². The topological polar surface area (TPSA) is 86.4 Å². The highest BCUT2D eigenvalue weighted by molar-refractivity contribution is 6.43. The predicted molar refractivity (Wildman–Crippen MR) is 210 cm³/mol. The Balaban J connectivity index is 1.17. The van der Waals surface area contributed by atoms with E-state index in [-0.39, 0.29) is 64.6 Å². The van der Waals surface area contributed by atoms with E-state index < -0.39 is 12.4 Å². The van der Waals surface area contributed by atoms with Crippen molar-refractivity contribution in [3.63, 3.8) is 0 Å². The molecule has 56 heavy (non-hydrogen) atoms. The highest BCUT2D eigenvalue weighted by atomic mass is 35.5. The maximum Gasteiger partial charge on any atom is 0.387 e. The van der Waals surface area contributed by atoms with Gasteiger partial charge in [-0.1, -0.05) is 35.3 Å². The molecule has 2 saturated carbocycles. The number of piperidine rings is 1. The van der Waals surface area contributed by atoms with Crippen molar-refractivity contribution in [1.29, 1.82) is 5.26 Å². The number of likely N-dealkylation sites (tertiary alicyclic amines) is 1. The van der Waals surface area contributed by atoms with E-state index in [4.69, 9.17) is 28.2 Å². The number of hydrogen-bond acceptors (Lipinski definition) is 6. The van der Waals surface area contributed by atoms with Crippen LogP contribution in [0.1, 0.15) is 61.1 Å². The Labute approximate surface area is 332 Å². The maximum atomic E-state index is 17.3. The Kier molecular flexibility index (Phi) is 8.69. The lowest BCUT2D eigenvalue weighted by Gasteiger charge is -2.40. The minimum Gasteiger partial charge on any atom is -0.435 e. The first-order chi connectivity index (χ1) is 27.1. The van der Waals surface area contributed by atoms with Crippen molar-refractivity contribution < 1.29 is 22.7 Å². The molecule has 4 bridgehead atoms. The lowest BCUT2D eigenvalue weighted by atomic mass is 9.79. The number of anilines is 1. The number of amides is 1. The van der Waals surface area contributed by atoms with Crippen molar-refractivity contribution in [1.82, 2.24) is 19.8 Å². The number of aromatic nitrogens is 2. The largest absolute Gasteiger partial charge is 0.435 e. The summed E-state index contributed by atoms with van der Waals surface area (Å²) in [4.78, 5) is 23.8. The first-order valence-corrected chi connectivity index (χ1v) is 20.2. The van der Waals surface area contributed by atoms with Crippen molar-refractivity contribution >= 4 is 56.6 Å². The zero-order valence-corrected chi connectivity index (χ0v) is 32.1. The number of carbonyl (C=O) groups excluding carboxylic acids is 1. The second kappa shape index (κ2) is 13.6. The number of aryl methyl sites for hydroxylation is 2. The molecule has 0 spiro atoms. The minimum atomic E-state index is -2.90. The van der Waals surface area contributed by atoms with Crippen molar-refractivity contribution in [2.75, 3.05) is 24.5 Å². The van der Waals surface area contributed by atoms with E-state index in [0.29, 0.717) is 58.2 Å². The van der Waals surface area contributed by atoms with Gasteiger partial charge in [-0.05, 0) is 93.0 Å². The van der Waals surface area contributed by atoms with Crippen LogP contribution in [0.25, 0.3) is 32.9 Å². The van der Waals surface area contributed by atoms with Crippen molar-refractivity contribution in [3.8, 4) is 22.9 Å². The highest BCUT2D eigenvalue weighted by Crippen LogP contribution is 2.54. The predicted octanol–water partition coefficient (Wildman–Crippen LogP) is 9.39. The smallest absolute Gasteiger partial charge is 0.387 e. The van der Waals surface area contributed by atoms with Crippen molar-refractivity contribution in [2.24, 2.45) is 17.8 Å². The summed E-state index contributed by atoms with van der Waals surface area (Å²) in [5, 5.41) is 15.5. The van der Waals surface area contributed by atoms with E-state index in [1.54, 1.807) is 30.3 Å². The van der Waals surface area contributed by atoms with Crippen LogP contribution in [0.15, 0.2) is 54.6 Å². The molecule has 4 aliphatic heterocycles. The Morgan fingerprint density at radius 3 is 2.57 bits per heavy atom. The fourth-order valence-corrected chi connectivity index (χ4v) is 10.8. The van der Waals surface area contributed by atoms with E-state index in [2.05, 4.69) is 36.6 Å². The maximum absolute atomic E-state index is 17.3. The molecule has 2 aliphatic carbocycles. The van der Waals surface area contributed by atoms with E-state index in [9.17, 15) is 18.8 Å². The summed E-state index contributed by atoms with van der Waals surface area (Å²) in [5.41, 5.74) is 5.17. The van der Waals surface area contributed by atoms with Gasteiger partial charge in [0.05, 0.1) is 39.8 Å². The summed E-state index contributed by atoms with van der Waals surface area (Å²) in [6.07, 6.45) is 4.15. The van der Waals surface area contributed by atoms with Crippen LogP contribution in [-0.2, 0) is 11.2 Å². The molecule has 6 fully saturated rings. The number of nitrogens with one attached hydrogen (secondary N) is 1. The monoisotopic (exact) mass is 798 g/mol. The molecule has 13 heteroatoms. The Bertz CT molecular complexity index is 2450. The van der Waals surface area contributed by atoms with Gasteiger partial charge < -0.3 is 24.4 Å². The number of benzene rings is 3. The number of rotatable bonds is 9. The highest BCUT2D eigenvalue weighted by Gasteiger charge is 2.55. The molecule has 5 aromatic rings. The number of ether oxygens (including phenoxy) is 1. The molecule has 0 unspecified atom stereocenters. The van der Waals surface area contributed by atoms with Crippen LogP contribution in [0.4, 0.5) is 18.9 Å². The van der Waals surface area contributed by atoms with E-state index in [1.165, 1.54) is 0 Å². The fraction of sp³-hybridized carbons (Fsp3) is 0.419. The minimum absolute atomic E-state index is 0.00761. The van der Waals surface area contributed by atoms with Gasteiger partial charge in [0, 0.05) is 82.9 Å². The zero-order chi connectivity index (χ0) is 38.6. The van der Waals surface area contributed by atoms with Crippen LogP contribution >= 0.6 is 23.2 Å². The summed E-state index contributed by atoms with van der Waals surface area (Å²) in [5.74, 6) is 0.255. The van der Waals surface area contributed by atoms with Crippen molar-refractivity contribution in [2.45, 2.75) is 76.2 Å². The van der Waals surface area contributed by atoms with E-state index >= 15 is 4.39 Å². The Hall–Kier alpha value is -4.50. The quantitative estimate of drug-likeness (QED) is 0.160. The van der Waals surface area contributed by atoms with Gasteiger partial charge in [0.1, 0.15) is 11.3 Å². The molecule has 2 aromatic heterocycles. The molecule has 288 valence electrons. The molecule has 3 aromatic carbocycles. The number of fused-ring (bicyclic) bond motifs is 6. The molecule has 4 saturated heterocycles. The number of pyridine rings is 1. The molecular formula is C43H39Cl2F3N6O2. The molecule has 1 amide bonds. The lowest BCUT2D eigenvalue weighted by molar-refractivity contribution is -0.135. The van der Waals surface area contributed by atoms with Crippen LogP contribution < -0.4 is 15.0 Å². The van der Waals surface area contributed by atoms with Gasteiger partial charge in [0.2, 0.25) is 5.91 Å². The van der Waals surface area contributed by atoms with Crippen LogP contribution in [0.3, 0.4) is 0 Å². The second-order valence-electron chi connectivity index (χ2n) is 16.2. The summed E-state index contributed by atoms with van der Waals surface area (Å²) >= 11 is 13.2. The Morgan fingerprint density at radius 2 is 1.88 bits per heavy atom. The second-order valence-corrected chi connectivity index (χ2v) is 17.0. The lowest BCUT2D eigenvalue weighted by Crippen LogP contribution is -2.45.